The van der Waals surface area contributed by atoms with Gasteiger partial charge in [0.25, 0.3) is 0 Å². The number of amides is 1. The van der Waals surface area contributed by atoms with Crippen molar-refractivity contribution in [3.63, 3.8) is 0 Å². The van der Waals surface area contributed by atoms with Gasteiger partial charge in [0.05, 0.1) is 6.21 Å². The number of aromatic hydroxyl groups is 1. The maximum Gasteiger partial charge on any atom is 0.243 e. The number of benzene rings is 1. The molecule has 1 aromatic rings. The quantitative estimate of drug-likeness (QED) is 0.547. The predicted molar refractivity (Wildman–Crippen MR) is 69.4 cm³/mol. The van der Waals surface area contributed by atoms with Crippen molar-refractivity contribution in [3.05, 3.63) is 29.8 Å². The van der Waals surface area contributed by atoms with E-state index in [0.717, 1.165) is 31.5 Å². The second-order valence-electron chi connectivity index (χ2n) is 4.35. The van der Waals surface area contributed by atoms with Gasteiger partial charge in [-0.1, -0.05) is 12.1 Å². The summed E-state index contributed by atoms with van der Waals surface area (Å²) in [6, 6.07) is 6.70. The molecule has 2 rings (SSSR count). The third-order valence-electron chi connectivity index (χ3n) is 2.97. The lowest BCUT2D eigenvalue weighted by Gasteiger charge is -2.20. The van der Waals surface area contributed by atoms with E-state index in [1.807, 2.05) is 0 Å². The summed E-state index contributed by atoms with van der Waals surface area (Å²) in [5.41, 5.74) is 3.29. The van der Waals surface area contributed by atoms with Gasteiger partial charge in [0.2, 0.25) is 5.91 Å². The van der Waals surface area contributed by atoms with Gasteiger partial charge in [0, 0.05) is 5.92 Å². The largest absolute Gasteiger partial charge is 0.508 e. The second kappa shape index (κ2) is 6.16. The van der Waals surface area contributed by atoms with Crippen LogP contribution >= 0.6 is 0 Å². The molecule has 1 amide bonds. The highest BCUT2D eigenvalue weighted by Crippen LogP contribution is 2.11. The van der Waals surface area contributed by atoms with E-state index in [1.54, 1.807) is 24.3 Å². The zero-order valence-electron chi connectivity index (χ0n) is 10.1. The number of hydrogen-bond donors (Lipinski definition) is 3. The van der Waals surface area contributed by atoms with Gasteiger partial charge in [0.15, 0.2) is 0 Å². The van der Waals surface area contributed by atoms with E-state index >= 15 is 0 Å². The lowest BCUT2D eigenvalue weighted by molar-refractivity contribution is -0.125. The molecule has 96 valence electrons. The van der Waals surface area contributed by atoms with Crippen LogP contribution in [-0.4, -0.2) is 30.3 Å². The Hall–Kier alpha value is -1.88. The van der Waals surface area contributed by atoms with Crippen molar-refractivity contribution >= 4 is 12.1 Å². The number of phenolic OH excluding ortho intramolecular Hbond substituents is 1. The first kappa shape index (κ1) is 12.6. The first-order valence-electron chi connectivity index (χ1n) is 6.08. The third kappa shape index (κ3) is 3.56. The minimum atomic E-state index is -0.0343. The van der Waals surface area contributed by atoms with E-state index in [9.17, 15) is 9.90 Å². The Balaban J connectivity index is 1.85. The van der Waals surface area contributed by atoms with Gasteiger partial charge >= 0.3 is 0 Å². The Morgan fingerprint density at radius 3 is 2.94 bits per heavy atom. The number of phenols is 1. The van der Waals surface area contributed by atoms with E-state index in [4.69, 9.17) is 0 Å². The molecule has 0 spiro atoms. The molecule has 18 heavy (non-hydrogen) atoms. The van der Waals surface area contributed by atoms with Crippen LogP contribution in [0.4, 0.5) is 0 Å². The average molecular weight is 247 g/mol. The number of rotatable bonds is 3. The molecule has 5 nitrogen and oxygen atoms in total. The van der Waals surface area contributed by atoms with Crippen molar-refractivity contribution in [3.8, 4) is 5.75 Å². The molecule has 0 atom stereocenters. The molecule has 1 saturated heterocycles. The van der Waals surface area contributed by atoms with Gasteiger partial charge in [0.1, 0.15) is 5.75 Å². The number of hydrogen-bond acceptors (Lipinski definition) is 4. The van der Waals surface area contributed by atoms with Crippen LogP contribution in [0.2, 0.25) is 0 Å². The lowest BCUT2D eigenvalue weighted by atomic mass is 9.98. The molecular formula is C13H17N3O2. The van der Waals surface area contributed by atoms with Gasteiger partial charge in [-0.3, -0.25) is 4.79 Å². The Morgan fingerprint density at radius 2 is 2.22 bits per heavy atom. The molecule has 0 unspecified atom stereocenters. The number of carbonyl (C=O) groups is 1. The molecule has 1 aromatic carbocycles. The van der Waals surface area contributed by atoms with Crippen LogP contribution in [0.3, 0.4) is 0 Å². The fourth-order valence-electron chi connectivity index (χ4n) is 1.95. The molecule has 0 bridgehead atoms. The van der Waals surface area contributed by atoms with Crippen LogP contribution in [0.15, 0.2) is 29.4 Å². The second-order valence-corrected chi connectivity index (χ2v) is 4.35. The number of carbonyl (C=O) groups excluding carboxylic acids is 1. The van der Waals surface area contributed by atoms with Crippen LogP contribution in [-0.2, 0) is 4.79 Å². The minimum Gasteiger partial charge on any atom is -0.508 e. The van der Waals surface area contributed by atoms with E-state index in [2.05, 4.69) is 15.8 Å². The monoisotopic (exact) mass is 247 g/mol. The molecule has 0 saturated carbocycles. The zero-order chi connectivity index (χ0) is 12.8. The Morgan fingerprint density at radius 1 is 1.44 bits per heavy atom. The molecule has 5 heteroatoms. The molecule has 0 aromatic heterocycles. The van der Waals surface area contributed by atoms with E-state index in [0.29, 0.717) is 0 Å². The topological polar surface area (TPSA) is 73.7 Å². The van der Waals surface area contributed by atoms with Gasteiger partial charge < -0.3 is 10.4 Å². The fourth-order valence-corrected chi connectivity index (χ4v) is 1.95. The summed E-state index contributed by atoms with van der Waals surface area (Å²) in [7, 11) is 0. The summed E-state index contributed by atoms with van der Waals surface area (Å²) in [5.74, 6) is 0.198. The highest BCUT2D eigenvalue weighted by Gasteiger charge is 2.20. The summed E-state index contributed by atoms with van der Waals surface area (Å²) in [6.07, 6.45) is 3.24. The maximum atomic E-state index is 11.8. The van der Waals surface area contributed by atoms with Gasteiger partial charge in [-0.15, -0.1) is 0 Å². The summed E-state index contributed by atoms with van der Waals surface area (Å²) < 4.78 is 0. The Labute approximate surface area is 106 Å². The van der Waals surface area contributed by atoms with Gasteiger partial charge in [-0.05, 0) is 43.6 Å². The molecule has 1 aliphatic heterocycles. The summed E-state index contributed by atoms with van der Waals surface area (Å²) in [5, 5.41) is 16.4. The minimum absolute atomic E-state index is 0.0343. The van der Waals surface area contributed by atoms with Crippen molar-refractivity contribution in [2.75, 3.05) is 13.1 Å². The zero-order valence-corrected chi connectivity index (χ0v) is 10.1. The van der Waals surface area contributed by atoms with Gasteiger partial charge in [-0.25, -0.2) is 5.43 Å². The van der Waals surface area contributed by atoms with Crippen molar-refractivity contribution in [1.82, 2.24) is 10.7 Å². The number of nitrogens with zero attached hydrogens (tertiary/aromatic N) is 1. The molecule has 1 heterocycles. The van der Waals surface area contributed by atoms with Crippen LogP contribution in [0.25, 0.3) is 0 Å². The van der Waals surface area contributed by atoms with Crippen LogP contribution in [0, 0.1) is 5.92 Å². The van der Waals surface area contributed by atoms with Crippen LogP contribution in [0.5, 0.6) is 5.75 Å². The SMILES string of the molecule is O=C(NN=Cc1cccc(O)c1)C1CCNCC1. The van der Waals surface area contributed by atoms with Crippen molar-refractivity contribution in [1.29, 1.82) is 0 Å². The highest BCUT2D eigenvalue weighted by atomic mass is 16.3. The van der Waals surface area contributed by atoms with Crippen molar-refractivity contribution in [2.24, 2.45) is 11.0 Å². The van der Waals surface area contributed by atoms with E-state index in [1.165, 1.54) is 6.21 Å². The standard InChI is InChI=1S/C13H17N3O2/c17-12-3-1-2-10(8-12)9-15-16-13(18)11-4-6-14-7-5-11/h1-3,8-9,11,14,17H,4-7H2,(H,16,18). The number of hydrazone groups is 1. The first-order valence-corrected chi connectivity index (χ1v) is 6.08. The molecule has 0 radical (unpaired) electrons. The summed E-state index contributed by atoms with van der Waals surface area (Å²) in [6.45, 7) is 1.77. The first-order chi connectivity index (χ1) is 8.75. The fraction of sp³-hybridized carbons (Fsp3) is 0.385. The smallest absolute Gasteiger partial charge is 0.243 e. The summed E-state index contributed by atoms with van der Waals surface area (Å²) in [4.78, 5) is 11.8. The van der Waals surface area contributed by atoms with E-state index < -0.39 is 0 Å². The normalized spacial score (nSPS) is 16.9. The third-order valence-corrected chi connectivity index (χ3v) is 2.97. The van der Waals surface area contributed by atoms with Crippen LogP contribution < -0.4 is 10.7 Å². The van der Waals surface area contributed by atoms with Crippen molar-refractivity contribution < 1.29 is 9.90 Å². The average Bonchev–Trinajstić information content (AvgIpc) is 2.40. The summed E-state index contributed by atoms with van der Waals surface area (Å²) >= 11 is 0. The predicted octanol–water partition coefficient (Wildman–Crippen LogP) is 0.842. The highest BCUT2D eigenvalue weighted by molar-refractivity contribution is 5.83. The van der Waals surface area contributed by atoms with E-state index in [-0.39, 0.29) is 17.6 Å². The molecule has 1 fully saturated rings. The van der Waals surface area contributed by atoms with Crippen LogP contribution in [0.1, 0.15) is 18.4 Å². The van der Waals surface area contributed by atoms with Crippen molar-refractivity contribution in [2.45, 2.75) is 12.8 Å². The molecule has 1 aliphatic rings. The maximum absolute atomic E-state index is 11.8. The molecular weight excluding hydrogens is 230 g/mol. The Kier molecular flexibility index (Phi) is 4.30. The molecule has 0 aliphatic carbocycles. The lowest BCUT2D eigenvalue weighted by Crippen LogP contribution is -2.36. The number of piperidine rings is 1. The Bertz CT molecular complexity index is 440. The number of nitrogens with one attached hydrogen (secondary N) is 2. The van der Waals surface area contributed by atoms with Gasteiger partial charge in [-0.2, -0.15) is 5.10 Å². The molecule has 3 N–H and O–H groups in total.